The number of rotatable bonds is 5. The average Bonchev–Trinajstić information content (AvgIpc) is 3.28. The van der Waals surface area contributed by atoms with E-state index in [0.717, 1.165) is 18.9 Å². The smallest absolute Gasteiger partial charge is 0.157 e. The van der Waals surface area contributed by atoms with Gasteiger partial charge >= 0.3 is 0 Å². The van der Waals surface area contributed by atoms with E-state index in [1.54, 1.807) is 30.0 Å². The van der Waals surface area contributed by atoms with Gasteiger partial charge in [0.1, 0.15) is 11.6 Å². The van der Waals surface area contributed by atoms with Crippen LogP contribution < -0.4 is 5.32 Å². The third-order valence-electron chi connectivity index (χ3n) is 5.17. The monoisotopic (exact) mass is 369 g/mol. The molecule has 27 heavy (non-hydrogen) atoms. The Morgan fingerprint density at radius 2 is 2.04 bits per heavy atom. The van der Waals surface area contributed by atoms with Crippen molar-refractivity contribution in [3.8, 4) is 11.3 Å². The van der Waals surface area contributed by atoms with Gasteiger partial charge in [-0.05, 0) is 26.0 Å². The maximum absolute atomic E-state index is 14.3. The highest BCUT2D eigenvalue weighted by molar-refractivity contribution is 5.67. The molecule has 0 aliphatic carbocycles. The van der Waals surface area contributed by atoms with Crippen molar-refractivity contribution in [3.63, 3.8) is 0 Å². The van der Waals surface area contributed by atoms with Crippen LogP contribution in [0.5, 0.6) is 0 Å². The van der Waals surface area contributed by atoms with Crippen molar-refractivity contribution < 1.29 is 9.13 Å². The number of ether oxygens (including phenoxy) is 1. The van der Waals surface area contributed by atoms with Gasteiger partial charge in [0.05, 0.1) is 24.0 Å². The minimum Gasteiger partial charge on any atom is -0.378 e. The first-order valence-corrected chi connectivity index (χ1v) is 9.20. The molecule has 1 fully saturated rings. The molecule has 1 aromatic carbocycles. The largest absolute Gasteiger partial charge is 0.378 e. The van der Waals surface area contributed by atoms with Gasteiger partial charge in [-0.15, -0.1) is 0 Å². The van der Waals surface area contributed by atoms with Crippen LogP contribution in [0.25, 0.3) is 16.9 Å². The van der Waals surface area contributed by atoms with E-state index in [0.29, 0.717) is 22.9 Å². The lowest BCUT2D eigenvalue weighted by molar-refractivity contribution is 0.0982. The number of nitrogens with zero attached hydrogens (tertiary/aromatic N) is 4. The van der Waals surface area contributed by atoms with Gasteiger partial charge in [0.25, 0.3) is 0 Å². The normalized spacial score (nSPS) is 20.6. The maximum atomic E-state index is 14.3. The first-order valence-electron chi connectivity index (χ1n) is 9.20. The van der Waals surface area contributed by atoms with Gasteiger partial charge in [-0.1, -0.05) is 12.1 Å². The predicted molar refractivity (Wildman–Crippen MR) is 103 cm³/mol. The van der Waals surface area contributed by atoms with Gasteiger partial charge in [-0.3, -0.25) is 4.90 Å². The fourth-order valence-corrected chi connectivity index (χ4v) is 3.61. The van der Waals surface area contributed by atoms with Gasteiger partial charge in [-0.25, -0.2) is 9.37 Å². The lowest BCUT2D eigenvalue weighted by atomic mass is 10.1. The number of hydrogen-bond acceptors (Lipinski definition) is 5. The number of fused-ring (bicyclic) bond motifs is 1. The summed E-state index contributed by atoms with van der Waals surface area (Å²) >= 11 is 0. The Morgan fingerprint density at radius 1 is 1.22 bits per heavy atom. The van der Waals surface area contributed by atoms with Crippen LogP contribution in [-0.2, 0) is 4.74 Å². The van der Waals surface area contributed by atoms with Crippen LogP contribution in [0.2, 0.25) is 0 Å². The number of halogens is 1. The molecule has 4 rings (SSSR count). The third kappa shape index (κ3) is 3.40. The van der Waals surface area contributed by atoms with E-state index >= 15 is 0 Å². The topological polar surface area (TPSA) is 54.7 Å². The van der Waals surface area contributed by atoms with Crippen LogP contribution in [0.4, 0.5) is 10.2 Å². The maximum Gasteiger partial charge on any atom is 0.157 e. The molecule has 1 N–H and O–H groups in total. The second-order valence-corrected chi connectivity index (χ2v) is 7.18. The Morgan fingerprint density at radius 3 is 2.78 bits per heavy atom. The summed E-state index contributed by atoms with van der Waals surface area (Å²) in [5, 5.41) is 7.92. The molecule has 0 radical (unpaired) electrons. The zero-order valence-electron chi connectivity index (χ0n) is 15.8. The van der Waals surface area contributed by atoms with E-state index in [4.69, 9.17) is 4.74 Å². The van der Waals surface area contributed by atoms with Crippen molar-refractivity contribution >= 4 is 11.5 Å². The molecule has 0 saturated carbocycles. The molecule has 0 amide bonds. The van der Waals surface area contributed by atoms with Crippen molar-refractivity contribution in [3.05, 3.63) is 48.4 Å². The molecule has 6 nitrogen and oxygen atoms in total. The highest BCUT2D eigenvalue weighted by Gasteiger charge is 2.34. The van der Waals surface area contributed by atoms with Crippen LogP contribution in [0.15, 0.2) is 42.6 Å². The zero-order chi connectivity index (χ0) is 19.0. The van der Waals surface area contributed by atoms with Crippen LogP contribution in [0, 0.1) is 5.82 Å². The Bertz CT molecular complexity index is 941. The molecule has 7 heteroatoms. The quantitative estimate of drug-likeness (QED) is 0.749. The van der Waals surface area contributed by atoms with Gasteiger partial charge < -0.3 is 10.1 Å². The van der Waals surface area contributed by atoms with E-state index < -0.39 is 0 Å². The van der Waals surface area contributed by atoms with Crippen molar-refractivity contribution in [2.75, 3.05) is 25.5 Å². The first-order chi connectivity index (χ1) is 13.1. The van der Waals surface area contributed by atoms with Crippen LogP contribution in [-0.4, -0.2) is 57.9 Å². The molecule has 3 heterocycles. The molecule has 0 unspecified atom stereocenters. The first kappa shape index (κ1) is 17.9. The number of methoxy groups -OCH3 is 1. The van der Waals surface area contributed by atoms with Gasteiger partial charge in [-0.2, -0.15) is 9.61 Å². The summed E-state index contributed by atoms with van der Waals surface area (Å²) in [6.07, 6.45) is 1.77. The van der Waals surface area contributed by atoms with E-state index in [1.807, 2.05) is 18.2 Å². The van der Waals surface area contributed by atoms with E-state index in [9.17, 15) is 4.39 Å². The minimum atomic E-state index is -0.290. The number of hydrogen-bond donors (Lipinski definition) is 1. The zero-order valence-corrected chi connectivity index (χ0v) is 15.8. The number of benzene rings is 1. The molecule has 142 valence electrons. The Labute approximate surface area is 158 Å². The molecule has 2 atom stereocenters. The SMILES string of the molecule is CO[C@H]1CN(C(C)C)C[C@@H]1Nc1cc(-c2ccccc2F)nc2ccnn12. The fourth-order valence-electron chi connectivity index (χ4n) is 3.61. The van der Waals surface area contributed by atoms with Crippen molar-refractivity contribution in [1.29, 1.82) is 0 Å². The van der Waals surface area contributed by atoms with Crippen molar-refractivity contribution in [2.45, 2.75) is 32.0 Å². The van der Waals surface area contributed by atoms with E-state index in [2.05, 4.69) is 34.1 Å². The summed E-state index contributed by atoms with van der Waals surface area (Å²) in [5.74, 6) is 0.488. The lowest BCUT2D eigenvalue weighted by Gasteiger charge is -2.21. The van der Waals surface area contributed by atoms with Crippen LogP contribution >= 0.6 is 0 Å². The number of likely N-dealkylation sites (tertiary alicyclic amines) is 1. The second kappa shape index (κ2) is 7.25. The van der Waals surface area contributed by atoms with Crippen molar-refractivity contribution in [2.24, 2.45) is 0 Å². The number of anilines is 1. The van der Waals surface area contributed by atoms with E-state index in [1.165, 1.54) is 6.07 Å². The summed E-state index contributed by atoms with van der Waals surface area (Å²) in [5.41, 5.74) is 1.73. The summed E-state index contributed by atoms with van der Waals surface area (Å²) in [6.45, 7) is 6.11. The summed E-state index contributed by atoms with van der Waals surface area (Å²) in [6, 6.07) is 10.9. The number of nitrogens with one attached hydrogen (secondary N) is 1. The van der Waals surface area contributed by atoms with Crippen molar-refractivity contribution in [1.82, 2.24) is 19.5 Å². The standard InChI is InChI=1S/C20H24FN5O/c1-13(2)25-11-17(18(12-25)27-3)24-20-10-16(14-6-4-5-7-15(14)21)23-19-8-9-22-26(19)20/h4-10,13,17-18,24H,11-12H2,1-3H3/t17-,18-/m0/s1. The van der Waals surface area contributed by atoms with Gasteiger partial charge in [0, 0.05) is 43.9 Å². The Balaban J connectivity index is 1.71. The minimum absolute atomic E-state index is 0.0723. The highest BCUT2D eigenvalue weighted by atomic mass is 19.1. The molecule has 1 aliphatic heterocycles. The van der Waals surface area contributed by atoms with Gasteiger partial charge in [0.2, 0.25) is 0 Å². The molecule has 0 spiro atoms. The third-order valence-corrected chi connectivity index (χ3v) is 5.17. The summed E-state index contributed by atoms with van der Waals surface area (Å²) < 4.78 is 21.7. The number of aromatic nitrogens is 3. The Hall–Kier alpha value is -2.51. The van der Waals surface area contributed by atoms with Crippen LogP contribution in [0.3, 0.4) is 0 Å². The second-order valence-electron chi connectivity index (χ2n) is 7.18. The molecule has 1 aliphatic rings. The molecule has 2 aromatic heterocycles. The lowest BCUT2D eigenvalue weighted by Crippen LogP contribution is -2.34. The molecule has 3 aromatic rings. The highest BCUT2D eigenvalue weighted by Crippen LogP contribution is 2.26. The molecule has 1 saturated heterocycles. The van der Waals surface area contributed by atoms with E-state index in [-0.39, 0.29) is 18.0 Å². The molecule has 0 bridgehead atoms. The predicted octanol–water partition coefficient (Wildman–Crippen LogP) is 3.05. The average molecular weight is 369 g/mol. The summed E-state index contributed by atoms with van der Waals surface area (Å²) in [7, 11) is 1.74. The molecular formula is C20H24FN5O. The van der Waals surface area contributed by atoms with Crippen LogP contribution in [0.1, 0.15) is 13.8 Å². The fraction of sp³-hybridized carbons (Fsp3) is 0.400. The Kier molecular flexibility index (Phi) is 4.80. The van der Waals surface area contributed by atoms with Gasteiger partial charge in [0.15, 0.2) is 5.65 Å². The summed E-state index contributed by atoms with van der Waals surface area (Å²) in [4.78, 5) is 6.94. The molecular weight excluding hydrogens is 345 g/mol.